The van der Waals surface area contributed by atoms with Gasteiger partial charge in [-0.1, -0.05) is 0 Å². The monoisotopic (exact) mass is 353 g/mol. The highest BCUT2D eigenvalue weighted by atomic mass is 79.9. The van der Waals surface area contributed by atoms with Crippen LogP contribution < -0.4 is 10.5 Å². The topological polar surface area (TPSA) is 61.0 Å². The van der Waals surface area contributed by atoms with E-state index in [9.17, 15) is 4.39 Å². The third-order valence-electron chi connectivity index (χ3n) is 2.66. The summed E-state index contributed by atoms with van der Waals surface area (Å²) in [6, 6.07) is 6.32. The minimum atomic E-state index is -0.335. The Morgan fingerprint density at radius 2 is 2.15 bits per heavy atom. The van der Waals surface area contributed by atoms with Gasteiger partial charge in [0, 0.05) is 0 Å². The molecule has 0 spiro atoms. The van der Waals surface area contributed by atoms with Crippen molar-refractivity contribution in [3.8, 4) is 5.75 Å². The second kappa shape index (κ2) is 5.34. The van der Waals surface area contributed by atoms with E-state index in [1.807, 2.05) is 11.4 Å². The molecule has 0 saturated heterocycles. The predicted octanol–water partition coefficient (Wildman–Crippen LogP) is 3.75. The van der Waals surface area contributed by atoms with Crippen LogP contribution in [0.4, 0.5) is 10.2 Å². The number of ether oxygens (including phenoxy) is 1. The molecule has 7 heteroatoms. The van der Waals surface area contributed by atoms with Crippen LogP contribution >= 0.6 is 27.3 Å². The molecule has 3 rings (SSSR count). The highest BCUT2D eigenvalue weighted by Crippen LogP contribution is 2.24. The molecule has 0 bridgehead atoms. The van der Waals surface area contributed by atoms with Gasteiger partial charge in [-0.15, -0.1) is 11.3 Å². The number of thiophene rings is 1. The SMILES string of the molecule is Nc1nc(COc2ccc(F)c(Br)c2)nc2sccc12. The molecule has 1 aromatic carbocycles. The Hall–Kier alpha value is -1.73. The lowest BCUT2D eigenvalue weighted by Crippen LogP contribution is -2.04. The number of aromatic nitrogens is 2. The predicted molar refractivity (Wildman–Crippen MR) is 80.3 cm³/mol. The van der Waals surface area contributed by atoms with Gasteiger partial charge < -0.3 is 10.5 Å². The molecule has 2 aromatic heterocycles. The zero-order valence-corrected chi connectivity index (χ0v) is 12.5. The number of nitrogen functional groups attached to an aromatic ring is 1. The zero-order chi connectivity index (χ0) is 14.1. The van der Waals surface area contributed by atoms with Gasteiger partial charge in [-0.2, -0.15) is 0 Å². The fourth-order valence-electron chi connectivity index (χ4n) is 1.70. The summed E-state index contributed by atoms with van der Waals surface area (Å²) in [5, 5.41) is 2.76. The Kier molecular flexibility index (Phi) is 3.54. The van der Waals surface area contributed by atoms with Crippen molar-refractivity contribution in [2.75, 3.05) is 5.73 Å². The first-order valence-corrected chi connectivity index (χ1v) is 7.38. The van der Waals surface area contributed by atoms with E-state index in [0.717, 1.165) is 10.2 Å². The number of anilines is 1. The number of fused-ring (bicyclic) bond motifs is 1. The normalized spacial score (nSPS) is 10.9. The van der Waals surface area contributed by atoms with Gasteiger partial charge in [0.1, 0.15) is 28.8 Å². The lowest BCUT2D eigenvalue weighted by molar-refractivity contribution is 0.296. The summed E-state index contributed by atoms with van der Waals surface area (Å²) >= 11 is 4.60. The Morgan fingerprint density at radius 1 is 1.30 bits per heavy atom. The molecule has 0 fully saturated rings. The van der Waals surface area contributed by atoms with Gasteiger partial charge in [-0.3, -0.25) is 0 Å². The smallest absolute Gasteiger partial charge is 0.169 e. The van der Waals surface area contributed by atoms with Gasteiger partial charge >= 0.3 is 0 Å². The molecule has 0 amide bonds. The summed E-state index contributed by atoms with van der Waals surface area (Å²) in [5.74, 6) is 1.14. The van der Waals surface area contributed by atoms with Gasteiger partial charge in [0.2, 0.25) is 0 Å². The van der Waals surface area contributed by atoms with Crippen LogP contribution in [-0.4, -0.2) is 9.97 Å². The molecule has 0 aliphatic heterocycles. The van der Waals surface area contributed by atoms with Crippen molar-refractivity contribution in [3.63, 3.8) is 0 Å². The van der Waals surface area contributed by atoms with Crippen LogP contribution in [0, 0.1) is 5.82 Å². The largest absolute Gasteiger partial charge is 0.486 e. The van der Waals surface area contributed by atoms with Crippen LogP contribution in [0.5, 0.6) is 5.75 Å². The molecule has 0 aliphatic carbocycles. The maximum atomic E-state index is 13.1. The maximum Gasteiger partial charge on any atom is 0.169 e. The molecular formula is C13H9BrFN3OS. The molecule has 2 heterocycles. The highest BCUT2D eigenvalue weighted by molar-refractivity contribution is 9.10. The van der Waals surface area contributed by atoms with E-state index >= 15 is 0 Å². The first-order chi connectivity index (χ1) is 9.63. The van der Waals surface area contributed by atoms with E-state index in [1.54, 1.807) is 12.1 Å². The molecule has 3 aromatic rings. The number of nitrogens with two attached hydrogens (primary N) is 1. The van der Waals surface area contributed by atoms with E-state index in [4.69, 9.17) is 10.5 Å². The first-order valence-electron chi connectivity index (χ1n) is 5.71. The van der Waals surface area contributed by atoms with E-state index in [-0.39, 0.29) is 12.4 Å². The van der Waals surface area contributed by atoms with Crippen LogP contribution in [0.3, 0.4) is 0 Å². The molecule has 102 valence electrons. The van der Waals surface area contributed by atoms with Gasteiger partial charge in [0.25, 0.3) is 0 Å². The summed E-state index contributed by atoms with van der Waals surface area (Å²) in [6.45, 7) is 0.177. The van der Waals surface area contributed by atoms with Crippen molar-refractivity contribution in [1.82, 2.24) is 9.97 Å². The molecule has 2 N–H and O–H groups in total. The Bertz CT molecular complexity index is 777. The van der Waals surface area contributed by atoms with E-state index in [1.165, 1.54) is 17.4 Å². The van der Waals surface area contributed by atoms with Gasteiger partial charge in [-0.05, 0) is 45.6 Å². The standard InChI is InChI=1S/C13H9BrFN3OS/c14-9-5-7(1-2-10(9)15)19-6-11-17-12(16)8-3-4-20-13(8)18-11/h1-5H,6H2,(H2,16,17,18). The first kappa shape index (κ1) is 13.3. The fourth-order valence-corrected chi connectivity index (χ4v) is 2.85. The molecular weight excluding hydrogens is 345 g/mol. The van der Waals surface area contributed by atoms with Crippen molar-refractivity contribution in [2.24, 2.45) is 0 Å². The molecule has 0 aliphatic rings. The molecule has 0 saturated carbocycles. The second-order valence-corrected chi connectivity index (χ2v) is 5.78. The number of rotatable bonds is 3. The minimum absolute atomic E-state index is 0.177. The van der Waals surface area contributed by atoms with E-state index in [2.05, 4.69) is 25.9 Å². The van der Waals surface area contributed by atoms with E-state index < -0.39 is 0 Å². The maximum absolute atomic E-state index is 13.1. The number of hydrogen-bond acceptors (Lipinski definition) is 5. The van der Waals surface area contributed by atoms with Crippen molar-refractivity contribution >= 4 is 43.3 Å². The van der Waals surface area contributed by atoms with Gasteiger partial charge in [0.15, 0.2) is 5.82 Å². The Labute approximate surface area is 126 Å². The third kappa shape index (κ3) is 2.59. The minimum Gasteiger partial charge on any atom is -0.486 e. The van der Waals surface area contributed by atoms with Gasteiger partial charge in [0.05, 0.1) is 9.86 Å². The van der Waals surface area contributed by atoms with E-state index in [0.29, 0.717) is 21.9 Å². The van der Waals surface area contributed by atoms with Crippen LogP contribution in [0.15, 0.2) is 34.1 Å². The van der Waals surface area contributed by atoms with Crippen LogP contribution in [0.1, 0.15) is 5.82 Å². The van der Waals surface area contributed by atoms with Crippen LogP contribution in [0.2, 0.25) is 0 Å². The zero-order valence-electron chi connectivity index (χ0n) is 10.1. The fraction of sp³-hybridized carbons (Fsp3) is 0.0769. The summed E-state index contributed by atoms with van der Waals surface area (Å²) in [6.07, 6.45) is 0. The summed E-state index contributed by atoms with van der Waals surface area (Å²) in [5.41, 5.74) is 5.86. The molecule has 4 nitrogen and oxygen atoms in total. The summed E-state index contributed by atoms with van der Waals surface area (Å²) < 4.78 is 19.0. The Morgan fingerprint density at radius 3 is 2.95 bits per heavy atom. The molecule has 0 atom stereocenters. The number of hydrogen-bond donors (Lipinski definition) is 1. The van der Waals surface area contributed by atoms with Crippen molar-refractivity contribution < 1.29 is 9.13 Å². The molecule has 0 radical (unpaired) electrons. The van der Waals surface area contributed by atoms with Crippen molar-refractivity contribution in [3.05, 3.63) is 45.8 Å². The van der Waals surface area contributed by atoms with Crippen molar-refractivity contribution in [1.29, 1.82) is 0 Å². The number of nitrogens with zero attached hydrogens (tertiary/aromatic N) is 2. The van der Waals surface area contributed by atoms with Crippen molar-refractivity contribution in [2.45, 2.75) is 6.61 Å². The number of halogens is 2. The summed E-state index contributed by atoms with van der Waals surface area (Å²) in [4.78, 5) is 9.39. The van der Waals surface area contributed by atoms with Crippen LogP contribution in [-0.2, 0) is 6.61 Å². The third-order valence-corrected chi connectivity index (χ3v) is 4.07. The average molecular weight is 354 g/mol. The lowest BCUT2D eigenvalue weighted by atomic mass is 10.3. The molecule has 20 heavy (non-hydrogen) atoms. The highest BCUT2D eigenvalue weighted by Gasteiger charge is 2.07. The molecule has 0 unspecified atom stereocenters. The summed E-state index contributed by atoms with van der Waals surface area (Å²) in [7, 11) is 0. The quantitative estimate of drug-likeness (QED) is 0.778. The van der Waals surface area contributed by atoms with Gasteiger partial charge in [-0.25, -0.2) is 14.4 Å². The average Bonchev–Trinajstić information content (AvgIpc) is 2.89. The van der Waals surface area contributed by atoms with Crippen LogP contribution in [0.25, 0.3) is 10.2 Å². The second-order valence-electron chi connectivity index (χ2n) is 4.03. The Balaban J connectivity index is 1.80. The lowest BCUT2D eigenvalue weighted by Gasteiger charge is -2.07. The number of benzene rings is 1.